The third-order valence-electron chi connectivity index (χ3n) is 5.76. The monoisotopic (exact) mass is 425 g/mol. The lowest BCUT2D eigenvalue weighted by atomic mass is 10.0. The molecule has 31 heavy (non-hydrogen) atoms. The zero-order chi connectivity index (χ0) is 20.9. The van der Waals surface area contributed by atoms with Gasteiger partial charge in [0.2, 0.25) is 0 Å². The van der Waals surface area contributed by atoms with Gasteiger partial charge in [-0.25, -0.2) is 9.97 Å². The summed E-state index contributed by atoms with van der Waals surface area (Å²) in [6.07, 6.45) is 2.36. The lowest BCUT2D eigenvalue weighted by Gasteiger charge is -2.08. The number of nitrogens with one attached hydrogen (secondary N) is 1. The Hall–Kier alpha value is -3.51. The van der Waals surface area contributed by atoms with E-state index in [2.05, 4.69) is 23.2 Å². The molecule has 5 aromatic rings. The number of hydrogen-bond donors (Lipinski definition) is 1. The van der Waals surface area contributed by atoms with Gasteiger partial charge in [0, 0.05) is 22.6 Å². The Labute approximate surface area is 182 Å². The van der Waals surface area contributed by atoms with Crippen molar-refractivity contribution in [2.45, 2.75) is 18.8 Å². The molecule has 0 aliphatic heterocycles. The highest BCUT2D eigenvalue weighted by Gasteiger charge is 2.27. The summed E-state index contributed by atoms with van der Waals surface area (Å²) in [4.78, 5) is 26.7. The Morgan fingerprint density at radius 1 is 1.00 bits per heavy atom. The second kappa shape index (κ2) is 7.03. The first-order valence-corrected chi connectivity index (χ1v) is 11.1. The lowest BCUT2D eigenvalue weighted by Crippen LogP contribution is -2.07. The molecule has 0 saturated heterocycles. The molecule has 1 N–H and O–H groups in total. The predicted molar refractivity (Wildman–Crippen MR) is 125 cm³/mol. The lowest BCUT2D eigenvalue weighted by molar-refractivity contribution is 0.415. The number of nitrogens with zero attached hydrogens (tertiary/aromatic N) is 2. The van der Waals surface area contributed by atoms with Gasteiger partial charge >= 0.3 is 0 Å². The predicted octanol–water partition coefficient (Wildman–Crippen LogP) is 5.75. The zero-order valence-electron chi connectivity index (χ0n) is 16.9. The van der Waals surface area contributed by atoms with Gasteiger partial charge in [-0.2, -0.15) is 0 Å². The van der Waals surface area contributed by atoms with E-state index in [4.69, 9.17) is 14.7 Å². The molecule has 6 heteroatoms. The first-order valence-electron chi connectivity index (χ1n) is 10.3. The summed E-state index contributed by atoms with van der Waals surface area (Å²) < 4.78 is 5.86. The molecule has 3 aromatic heterocycles. The van der Waals surface area contributed by atoms with Gasteiger partial charge in [-0.1, -0.05) is 30.3 Å². The van der Waals surface area contributed by atoms with Crippen LogP contribution in [0.1, 0.15) is 24.5 Å². The zero-order valence-corrected chi connectivity index (χ0v) is 17.7. The van der Waals surface area contributed by atoms with Gasteiger partial charge in [0.05, 0.1) is 12.6 Å². The summed E-state index contributed by atoms with van der Waals surface area (Å²) in [5, 5.41) is 0.955. The third kappa shape index (κ3) is 3.11. The van der Waals surface area contributed by atoms with Gasteiger partial charge < -0.3 is 9.72 Å². The average molecular weight is 426 g/mol. The molecule has 0 unspecified atom stereocenters. The van der Waals surface area contributed by atoms with Crippen molar-refractivity contribution in [3.63, 3.8) is 0 Å². The van der Waals surface area contributed by atoms with Crippen LogP contribution in [0.3, 0.4) is 0 Å². The number of ether oxygens (including phenoxy) is 1. The molecule has 3 heterocycles. The minimum Gasteiger partial charge on any atom is -0.497 e. The van der Waals surface area contributed by atoms with E-state index in [1.807, 2.05) is 42.5 Å². The molecule has 1 aliphatic carbocycles. The van der Waals surface area contributed by atoms with Crippen LogP contribution in [0.15, 0.2) is 65.5 Å². The maximum absolute atomic E-state index is 13.0. The van der Waals surface area contributed by atoms with Crippen LogP contribution in [0.4, 0.5) is 0 Å². The molecule has 0 amide bonds. The molecular formula is C25H19N3O2S. The number of thiophene rings is 1. The van der Waals surface area contributed by atoms with Crippen LogP contribution in [-0.4, -0.2) is 22.1 Å². The number of pyridine rings is 1. The van der Waals surface area contributed by atoms with Crippen molar-refractivity contribution >= 4 is 31.8 Å². The molecule has 0 atom stereocenters. The van der Waals surface area contributed by atoms with Crippen molar-refractivity contribution in [1.29, 1.82) is 0 Å². The minimum absolute atomic E-state index is 0.134. The molecule has 6 rings (SSSR count). The van der Waals surface area contributed by atoms with E-state index in [9.17, 15) is 4.79 Å². The van der Waals surface area contributed by atoms with Gasteiger partial charge in [0.1, 0.15) is 21.1 Å². The van der Waals surface area contributed by atoms with Crippen LogP contribution >= 0.6 is 11.3 Å². The number of aromatic nitrogens is 3. The summed E-state index contributed by atoms with van der Waals surface area (Å²) in [5.74, 6) is 1.83. The maximum Gasteiger partial charge on any atom is 0.269 e. The molecule has 2 aromatic carbocycles. The highest BCUT2D eigenvalue weighted by atomic mass is 32.1. The first-order chi connectivity index (χ1) is 15.2. The van der Waals surface area contributed by atoms with Crippen molar-refractivity contribution in [3.8, 4) is 28.3 Å². The molecule has 152 valence electrons. The van der Waals surface area contributed by atoms with Gasteiger partial charge in [0.15, 0.2) is 0 Å². The number of methoxy groups -OCH3 is 1. The van der Waals surface area contributed by atoms with Crippen molar-refractivity contribution in [3.05, 3.63) is 76.7 Å². The molecular weight excluding hydrogens is 406 g/mol. The van der Waals surface area contributed by atoms with Crippen LogP contribution in [0.25, 0.3) is 42.9 Å². The fourth-order valence-corrected chi connectivity index (χ4v) is 5.03. The van der Waals surface area contributed by atoms with Crippen molar-refractivity contribution in [2.24, 2.45) is 0 Å². The fraction of sp³-hybridized carbons (Fsp3) is 0.160. The van der Waals surface area contributed by atoms with Crippen LogP contribution in [0.2, 0.25) is 0 Å². The van der Waals surface area contributed by atoms with Crippen LogP contribution in [-0.2, 0) is 0 Å². The SMILES string of the molecule is COc1ccc(-c2nc3c(sc4nc(C5CC5)cc(-c5ccccc5)c43)c(=O)[nH]2)cc1. The summed E-state index contributed by atoms with van der Waals surface area (Å²) in [6.45, 7) is 0. The normalized spacial score (nSPS) is 13.7. The minimum atomic E-state index is -0.134. The fourth-order valence-electron chi connectivity index (χ4n) is 3.99. The third-order valence-corrected chi connectivity index (χ3v) is 6.83. The Morgan fingerprint density at radius 3 is 2.48 bits per heavy atom. The maximum atomic E-state index is 13.0. The second-order valence-electron chi connectivity index (χ2n) is 7.84. The van der Waals surface area contributed by atoms with Crippen molar-refractivity contribution < 1.29 is 4.74 Å². The van der Waals surface area contributed by atoms with E-state index in [1.165, 1.54) is 24.2 Å². The van der Waals surface area contributed by atoms with E-state index in [1.54, 1.807) is 7.11 Å². The molecule has 0 bridgehead atoms. The number of fused-ring (bicyclic) bond motifs is 3. The summed E-state index contributed by atoms with van der Waals surface area (Å²) >= 11 is 1.43. The molecule has 1 fully saturated rings. The largest absolute Gasteiger partial charge is 0.497 e. The van der Waals surface area contributed by atoms with E-state index in [-0.39, 0.29) is 5.56 Å². The molecule has 5 nitrogen and oxygen atoms in total. The second-order valence-corrected chi connectivity index (χ2v) is 8.84. The number of benzene rings is 2. The summed E-state index contributed by atoms with van der Waals surface area (Å²) in [5.41, 5.74) is 4.74. The molecule has 1 saturated carbocycles. The summed E-state index contributed by atoms with van der Waals surface area (Å²) in [6, 6.07) is 20.0. The Morgan fingerprint density at radius 2 is 1.77 bits per heavy atom. The van der Waals surface area contributed by atoms with Gasteiger partial charge in [0.25, 0.3) is 5.56 Å². The standard InChI is InChI=1S/C25H19N3O2S/c1-30-17-11-9-16(10-12-17)23-27-21-20-18(14-5-3-2-4-6-14)13-19(15-7-8-15)26-25(20)31-22(21)24(29)28-23/h2-6,9-13,15H,7-8H2,1H3,(H,27,28,29). The quantitative estimate of drug-likeness (QED) is 0.398. The summed E-state index contributed by atoms with van der Waals surface area (Å²) in [7, 11) is 1.63. The van der Waals surface area contributed by atoms with E-state index < -0.39 is 0 Å². The van der Waals surface area contributed by atoms with Crippen molar-refractivity contribution in [2.75, 3.05) is 7.11 Å². The molecule has 0 radical (unpaired) electrons. The van der Waals surface area contributed by atoms with Gasteiger partial charge in [-0.15, -0.1) is 11.3 Å². The molecule has 1 aliphatic rings. The topological polar surface area (TPSA) is 67.9 Å². The number of hydrogen-bond acceptors (Lipinski definition) is 5. The van der Waals surface area contributed by atoms with Gasteiger partial charge in [-0.05, 0) is 54.3 Å². The Kier molecular flexibility index (Phi) is 4.14. The average Bonchev–Trinajstić information content (AvgIpc) is 3.60. The molecule has 0 spiro atoms. The Balaban J connectivity index is 1.65. The smallest absolute Gasteiger partial charge is 0.269 e. The van der Waals surface area contributed by atoms with Gasteiger partial charge in [-0.3, -0.25) is 4.79 Å². The first kappa shape index (κ1) is 18.3. The van der Waals surface area contributed by atoms with E-state index in [0.29, 0.717) is 22.0 Å². The number of H-pyrrole nitrogens is 1. The van der Waals surface area contributed by atoms with Crippen LogP contribution in [0.5, 0.6) is 5.75 Å². The highest BCUT2D eigenvalue weighted by Crippen LogP contribution is 2.44. The van der Waals surface area contributed by atoms with Crippen LogP contribution in [0, 0.1) is 0 Å². The number of aromatic amines is 1. The van der Waals surface area contributed by atoms with Crippen LogP contribution < -0.4 is 10.3 Å². The highest BCUT2D eigenvalue weighted by molar-refractivity contribution is 7.25. The van der Waals surface area contributed by atoms with Crippen molar-refractivity contribution in [1.82, 2.24) is 15.0 Å². The van der Waals surface area contributed by atoms with E-state index in [0.717, 1.165) is 38.4 Å². The van der Waals surface area contributed by atoms with E-state index >= 15 is 0 Å². The number of rotatable bonds is 4. The Bertz CT molecular complexity index is 1480.